The molecule has 0 aliphatic carbocycles. The molecule has 3 amide bonds. The highest BCUT2D eigenvalue weighted by Gasteiger charge is 2.32. The number of nitrogens with two attached hydrogens (primary N) is 1. The van der Waals surface area contributed by atoms with Crippen LogP contribution < -0.4 is 26.4 Å². The minimum absolute atomic E-state index is 0.0239. The van der Waals surface area contributed by atoms with E-state index in [0.29, 0.717) is 84.1 Å². The standard InChI is InChI=1S/C55H62ClN13O6S/c1-34(31-67-24-8-9-42(32-67)69-53-48(51(57)62-33-63-53)50(66-69)39-14-18-44(19-15-39)75-43-10-6-5-7-11-43)54(72)60-22-21-58-45(70)20-25-73-27-28-74-26-23-59-46(71)29-40-30-61-49(38-12-16-41(56)17-13-38)47-35(2)36(3)76-55(47)68-37(4)64-65-52(40)68/h5-7,10-19,33,40,42H,1,8-9,20-32H2,2-4H3,(H,58,70)(H,59,71)(H,60,72)(H2,57,62,63)/t40?,42-/m1/s1. The molecule has 0 bridgehead atoms. The molecule has 1 unspecified atom stereocenters. The molecule has 5 N–H and O–H groups in total. The molecule has 2 aliphatic rings. The van der Waals surface area contributed by atoms with E-state index in [4.69, 9.17) is 41.6 Å². The zero-order chi connectivity index (χ0) is 53.1. The molecule has 4 aromatic heterocycles. The van der Waals surface area contributed by atoms with Gasteiger partial charge in [0.1, 0.15) is 46.0 Å². The lowest BCUT2D eigenvalue weighted by atomic mass is 9.97. The molecule has 2 atom stereocenters. The lowest BCUT2D eigenvalue weighted by Gasteiger charge is -2.33. The molecule has 3 aromatic carbocycles. The molecular weight excluding hydrogens is 1010 g/mol. The number of carbonyl (C=O) groups is 3. The van der Waals surface area contributed by atoms with Crippen molar-refractivity contribution in [1.29, 1.82) is 0 Å². The minimum atomic E-state index is -0.307. The maximum absolute atomic E-state index is 13.3. The molecule has 19 nitrogen and oxygen atoms in total. The molecule has 1 saturated heterocycles. The van der Waals surface area contributed by atoms with Crippen LogP contribution in [0.25, 0.3) is 27.3 Å². The van der Waals surface area contributed by atoms with Crippen LogP contribution >= 0.6 is 22.9 Å². The number of nitrogens with one attached hydrogen (secondary N) is 3. The van der Waals surface area contributed by atoms with Crippen molar-refractivity contribution in [1.82, 2.24) is 55.4 Å². The van der Waals surface area contributed by atoms with Gasteiger partial charge in [0.2, 0.25) is 17.7 Å². The van der Waals surface area contributed by atoms with Crippen LogP contribution in [0.1, 0.15) is 70.9 Å². The summed E-state index contributed by atoms with van der Waals surface area (Å²) in [4.78, 5) is 56.2. The Balaban J connectivity index is 0.646. The highest BCUT2D eigenvalue weighted by molar-refractivity contribution is 7.15. The van der Waals surface area contributed by atoms with Crippen molar-refractivity contribution >= 4 is 63.2 Å². The number of anilines is 1. The van der Waals surface area contributed by atoms with Crippen molar-refractivity contribution in [3.8, 4) is 27.8 Å². The summed E-state index contributed by atoms with van der Waals surface area (Å²) in [5.41, 5.74) is 13.0. The highest BCUT2D eigenvalue weighted by Crippen LogP contribution is 2.39. The van der Waals surface area contributed by atoms with Gasteiger partial charge < -0.3 is 35.9 Å². The van der Waals surface area contributed by atoms with E-state index < -0.39 is 0 Å². The number of rotatable bonds is 22. The number of piperidine rings is 1. The van der Waals surface area contributed by atoms with Crippen LogP contribution in [-0.4, -0.2) is 135 Å². The average Bonchev–Trinajstić information content (AvgIpc) is 4.09. The summed E-state index contributed by atoms with van der Waals surface area (Å²) in [6, 6.07) is 24.9. The number of para-hydroxylation sites is 1. The Hall–Kier alpha value is -7.36. The Morgan fingerprint density at radius 3 is 2.36 bits per heavy atom. The van der Waals surface area contributed by atoms with E-state index in [1.54, 1.807) is 11.3 Å². The topological polar surface area (TPSA) is 231 Å². The molecule has 21 heteroatoms. The zero-order valence-electron chi connectivity index (χ0n) is 42.9. The fraction of sp³-hybridized carbons (Fsp3) is 0.364. The number of halogens is 1. The van der Waals surface area contributed by atoms with Crippen molar-refractivity contribution in [2.45, 2.75) is 58.4 Å². The van der Waals surface area contributed by atoms with Crippen LogP contribution in [0.5, 0.6) is 11.5 Å². The van der Waals surface area contributed by atoms with Crippen molar-refractivity contribution in [3.63, 3.8) is 0 Å². The van der Waals surface area contributed by atoms with E-state index in [1.165, 1.54) is 11.2 Å². The van der Waals surface area contributed by atoms with E-state index in [-0.39, 0.29) is 68.8 Å². The van der Waals surface area contributed by atoms with Crippen molar-refractivity contribution < 1.29 is 28.6 Å². The van der Waals surface area contributed by atoms with Crippen LogP contribution in [0, 0.1) is 20.8 Å². The van der Waals surface area contributed by atoms with Crippen molar-refractivity contribution in [3.05, 3.63) is 136 Å². The first kappa shape index (κ1) is 53.5. The number of aliphatic imine (C=N–C) groups is 1. The van der Waals surface area contributed by atoms with Gasteiger partial charge in [0.15, 0.2) is 5.65 Å². The first-order chi connectivity index (χ1) is 36.9. The van der Waals surface area contributed by atoms with Gasteiger partial charge >= 0.3 is 0 Å². The Bertz CT molecular complexity index is 3210. The fourth-order valence-corrected chi connectivity index (χ4v) is 10.8. The second kappa shape index (κ2) is 25.0. The van der Waals surface area contributed by atoms with Gasteiger partial charge in [-0.1, -0.05) is 48.5 Å². The average molecular weight is 1070 g/mol. The number of hydrogen-bond donors (Lipinski definition) is 4. The quantitative estimate of drug-likeness (QED) is 0.0393. The van der Waals surface area contributed by atoms with E-state index in [9.17, 15) is 14.4 Å². The normalized spacial score (nSPS) is 15.5. The van der Waals surface area contributed by atoms with Crippen LogP contribution in [0.2, 0.25) is 5.02 Å². The van der Waals surface area contributed by atoms with E-state index >= 15 is 0 Å². The molecular formula is C55H62ClN13O6S. The Morgan fingerprint density at radius 1 is 0.842 bits per heavy atom. The third-order valence-corrected chi connectivity index (χ3v) is 14.8. The number of hydrogen-bond acceptors (Lipinski definition) is 15. The van der Waals surface area contributed by atoms with Gasteiger partial charge in [-0.3, -0.25) is 28.8 Å². The van der Waals surface area contributed by atoms with Crippen molar-refractivity contribution in [2.24, 2.45) is 4.99 Å². The summed E-state index contributed by atoms with van der Waals surface area (Å²) in [6.07, 6.45) is 3.54. The summed E-state index contributed by atoms with van der Waals surface area (Å²) in [6.45, 7) is 14.3. The number of nitrogen functional groups attached to an aromatic ring is 1. The number of ether oxygens (including phenoxy) is 3. The zero-order valence-corrected chi connectivity index (χ0v) is 44.5. The highest BCUT2D eigenvalue weighted by atomic mass is 35.5. The number of thiophene rings is 1. The van der Waals surface area contributed by atoms with Gasteiger partial charge in [0, 0.05) is 83.6 Å². The predicted molar refractivity (Wildman–Crippen MR) is 294 cm³/mol. The monoisotopic (exact) mass is 1070 g/mol. The predicted octanol–water partition coefficient (Wildman–Crippen LogP) is 7.08. The number of carbonyl (C=O) groups excluding carboxylic acids is 3. The van der Waals surface area contributed by atoms with Gasteiger partial charge in [-0.05, 0) is 94.3 Å². The van der Waals surface area contributed by atoms with Gasteiger partial charge in [0.05, 0.1) is 50.1 Å². The second-order valence-electron chi connectivity index (χ2n) is 18.8. The van der Waals surface area contributed by atoms with Gasteiger partial charge in [-0.15, -0.1) is 21.5 Å². The molecule has 6 heterocycles. The summed E-state index contributed by atoms with van der Waals surface area (Å²) < 4.78 is 21.3. The molecule has 0 spiro atoms. The molecule has 1 fully saturated rings. The Labute approximate surface area is 449 Å². The number of benzene rings is 3. The van der Waals surface area contributed by atoms with E-state index in [2.05, 4.69) is 66.0 Å². The molecule has 0 radical (unpaired) electrons. The van der Waals surface area contributed by atoms with Crippen molar-refractivity contribution in [2.75, 3.05) is 78.0 Å². The molecule has 76 heavy (non-hydrogen) atoms. The molecule has 396 valence electrons. The maximum atomic E-state index is 13.3. The van der Waals surface area contributed by atoms with Gasteiger partial charge in [-0.25, -0.2) is 14.6 Å². The van der Waals surface area contributed by atoms with Gasteiger partial charge in [0.25, 0.3) is 0 Å². The van der Waals surface area contributed by atoms with Crippen LogP contribution in [0.15, 0.2) is 102 Å². The lowest BCUT2D eigenvalue weighted by Crippen LogP contribution is -2.41. The van der Waals surface area contributed by atoms with Crippen LogP contribution in [0.4, 0.5) is 5.82 Å². The molecule has 0 saturated carbocycles. The Kier molecular flexibility index (Phi) is 17.6. The number of aryl methyl sites for hydroxylation is 2. The van der Waals surface area contributed by atoms with Crippen LogP contribution in [0.3, 0.4) is 0 Å². The first-order valence-electron chi connectivity index (χ1n) is 25.4. The first-order valence-corrected chi connectivity index (χ1v) is 26.6. The molecule has 9 rings (SSSR count). The SMILES string of the molecule is C=C(CN1CCC[C@@H](n2nc(-c3ccc(Oc4ccccc4)cc3)c3c(N)ncnc32)C1)C(=O)NCCNC(=O)CCOCCOCCNC(=O)CC1CN=C(c2ccc(Cl)cc2)c2c(sc(C)c2C)-n2c(C)nnc21. The van der Waals surface area contributed by atoms with E-state index in [1.807, 2.05) is 90.5 Å². The maximum Gasteiger partial charge on any atom is 0.247 e. The number of amides is 3. The summed E-state index contributed by atoms with van der Waals surface area (Å²) in [5, 5.41) is 25.0. The number of nitrogens with zero attached hydrogens (tertiary/aromatic N) is 9. The second-order valence-corrected chi connectivity index (χ2v) is 20.4. The summed E-state index contributed by atoms with van der Waals surface area (Å²) in [7, 11) is 0. The lowest BCUT2D eigenvalue weighted by molar-refractivity contribution is -0.123. The third-order valence-electron chi connectivity index (χ3n) is 13.4. The number of likely N-dealkylation sites (tertiary alicyclic amines) is 1. The minimum Gasteiger partial charge on any atom is -0.457 e. The number of aromatic nitrogens is 7. The van der Waals surface area contributed by atoms with Gasteiger partial charge in [-0.2, -0.15) is 5.10 Å². The molecule has 7 aromatic rings. The third kappa shape index (κ3) is 12.8. The smallest absolute Gasteiger partial charge is 0.247 e. The largest absolute Gasteiger partial charge is 0.457 e. The van der Waals surface area contributed by atoms with E-state index in [0.717, 1.165) is 63.9 Å². The Morgan fingerprint density at radius 2 is 1.57 bits per heavy atom. The fourth-order valence-electron chi connectivity index (χ4n) is 9.41. The van der Waals surface area contributed by atoms with Crippen LogP contribution in [-0.2, 0) is 23.9 Å². The molecule has 2 aliphatic heterocycles. The number of fused-ring (bicyclic) bond motifs is 4. The summed E-state index contributed by atoms with van der Waals surface area (Å²) in [5.74, 6) is 2.32. The summed E-state index contributed by atoms with van der Waals surface area (Å²) >= 11 is 7.90.